The molecule has 0 spiro atoms. The van der Waals surface area contributed by atoms with Crippen LogP contribution in [0.3, 0.4) is 0 Å². The summed E-state index contributed by atoms with van der Waals surface area (Å²) in [6.45, 7) is 11.1. The summed E-state index contributed by atoms with van der Waals surface area (Å²) in [5.41, 5.74) is 3.12. The van der Waals surface area contributed by atoms with Gasteiger partial charge in [0.15, 0.2) is 0 Å². The molecule has 1 heterocycles. The fraction of sp³-hybridized carbons (Fsp3) is 0.629. The van der Waals surface area contributed by atoms with Gasteiger partial charge in [0.25, 0.3) is 5.91 Å². The molecule has 0 aromatic heterocycles. The Balaban J connectivity index is 1.30. The Labute approximate surface area is 245 Å². The Hall–Kier alpha value is -2.41. The molecule has 0 bridgehead atoms. The van der Waals surface area contributed by atoms with E-state index in [9.17, 15) is 20.1 Å². The molecule has 6 nitrogen and oxygen atoms in total. The number of ether oxygens (including phenoxy) is 1. The zero-order chi connectivity index (χ0) is 29.5. The molecule has 1 aromatic carbocycles. The van der Waals surface area contributed by atoms with E-state index in [1.54, 1.807) is 14.0 Å². The van der Waals surface area contributed by atoms with E-state index < -0.39 is 17.8 Å². The third kappa shape index (κ3) is 5.93. The van der Waals surface area contributed by atoms with Gasteiger partial charge in [-0.25, -0.2) is 0 Å². The van der Waals surface area contributed by atoms with Crippen LogP contribution in [-0.4, -0.2) is 57.1 Å². The van der Waals surface area contributed by atoms with E-state index >= 15 is 0 Å². The number of nitrogens with zero attached hydrogens (tertiary/aromatic N) is 1. The maximum absolute atomic E-state index is 13.3. The third-order valence-corrected chi connectivity index (χ3v) is 10.9. The summed E-state index contributed by atoms with van der Waals surface area (Å²) >= 11 is 0. The highest BCUT2D eigenvalue weighted by Crippen LogP contribution is 2.60. The zero-order valence-electron chi connectivity index (χ0n) is 25.3. The van der Waals surface area contributed by atoms with E-state index in [4.69, 9.17) is 4.74 Å². The standard InChI is InChI=1S/C35H49NO5/c1-22(17-27-20-35(4,40)33(39)36(27)21-24-8-12-29(41-5)13-9-24)30-14-15-31-25(7-6-16-34(30,31)3)10-11-26-18-28(37)19-32(38)23(26)2/h8-13,22,27-28,30-32,37-38,40H,2,6-7,14-21H2,1,3-5H3/b25-10-,26-11-/t22-,27+,28-,30-,31+,32+,34-,35+/m1/s1. The first kappa shape index (κ1) is 30.1. The average molecular weight is 564 g/mol. The summed E-state index contributed by atoms with van der Waals surface area (Å²) in [7, 11) is 1.65. The SMILES string of the molecule is C=C1/C(=C\C=C2\CCC[C@]3(C)[C@@H]([C@H](C)C[C@H]4C[C@](C)(O)C(=O)N4Cc4ccc(OC)cc4)CC[C@@H]23)C[C@@H](O)C[C@@H]1O. The van der Waals surface area contributed by atoms with Gasteiger partial charge in [0, 0.05) is 25.4 Å². The molecule has 224 valence electrons. The van der Waals surface area contributed by atoms with Crippen molar-refractivity contribution in [1.82, 2.24) is 4.90 Å². The molecular weight excluding hydrogens is 514 g/mol. The van der Waals surface area contributed by atoms with Crippen LogP contribution in [0.4, 0.5) is 0 Å². The Morgan fingerprint density at radius 3 is 2.61 bits per heavy atom. The number of hydrogen-bond acceptors (Lipinski definition) is 5. The van der Waals surface area contributed by atoms with Gasteiger partial charge in [0.05, 0.1) is 19.3 Å². The molecule has 41 heavy (non-hydrogen) atoms. The van der Waals surface area contributed by atoms with Gasteiger partial charge in [0.1, 0.15) is 11.4 Å². The molecule has 8 atom stereocenters. The summed E-state index contributed by atoms with van der Waals surface area (Å²) < 4.78 is 5.29. The average Bonchev–Trinajstić information content (AvgIpc) is 3.39. The highest BCUT2D eigenvalue weighted by Gasteiger charge is 2.53. The van der Waals surface area contributed by atoms with Crippen LogP contribution in [-0.2, 0) is 11.3 Å². The summed E-state index contributed by atoms with van der Waals surface area (Å²) in [5.74, 6) is 2.13. The molecule has 5 rings (SSSR count). The monoisotopic (exact) mass is 563 g/mol. The Bertz CT molecular complexity index is 1200. The van der Waals surface area contributed by atoms with Gasteiger partial charge in [-0.05, 0) is 104 Å². The van der Waals surface area contributed by atoms with E-state index in [2.05, 4.69) is 32.6 Å². The number of rotatable bonds is 7. The topological polar surface area (TPSA) is 90.2 Å². The molecule has 3 saturated carbocycles. The van der Waals surface area contributed by atoms with Gasteiger partial charge in [0.2, 0.25) is 0 Å². The second-order valence-electron chi connectivity index (χ2n) is 13.8. The second-order valence-corrected chi connectivity index (χ2v) is 13.8. The van der Waals surface area contributed by atoms with Gasteiger partial charge >= 0.3 is 0 Å². The van der Waals surface area contributed by atoms with Crippen LogP contribution >= 0.6 is 0 Å². The van der Waals surface area contributed by atoms with E-state index in [0.29, 0.717) is 43.6 Å². The van der Waals surface area contributed by atoms with Gasteiger partial charge in [-0.3, -0.25) is 4.79 Å². The van der Waals surface area contributed by atoms with Crippen LogP contribution in [0.2, 0.25) is 0 Å². The van der Waals surface area contributed by atoms with Crippen LogP contribution in [0.25, 0.3) is 0 Å². The number of aliphatic hydroxyl groups is 3. The van der Waals surface area contributed by atoms with E-state index in [-0.39, 0.29) is 17.4 Å². The minimum atomic E-state index is -1.32. The first-order valence-electron chi connectivity index (χ1n) is 15.5. The number of carbonyl (C=O) groups is 1. The molecule has 3 N–H and O–H groups in total. The molecule has 0 unspecified atom stereocenters. The number of carbonyl (C=O) groups excluding carboxylic acids is 1. The highest BCUT2D eigenvalue weighted by atomic mass is 16.5. The zero-order valence-corrected chi connectivity index (χ0v) is 25.3. The van der Waals surface area contributed by atoms with Crippen molar-refractivity contribution < 1.29 is 24.9 Å². The number of amides is 1. The summed E-state index contributed by atoms with van der Waals surface area (Å²) in [5, 5.41) is 31.4. The van der Waals surface area contributed by atoms with Crippen molar-refractivity contribution in [2.45, 2.75) is 109 Å². The van der Waals surface area contributed by atoms with Gasteiger partial charge in [-0.1, -0.05) is 50.3 Å². The number of methoxy groups -OCH3 is 1. The van der Waals surface area contributed by atoms with Crippen molar-refractivity contribution >= 4 is 5.91 Å². The molecule has 3 aliphatic carbocycles. The molecule has 1 aromatic rings. The Morgan fingerprint density at radius 2 is 1.90 bits per heavy atom. The summed E-state index contributed by atoms with van der Waals surface area (Å²) in [6, 6.07) is 7.85. The van der Waals surface area contributed by atoms with Crippen LogP contribution in [0.15, 0.2) is 59.7 Å². The summed E-state index contributed by atoms with van der Waals surface area (Å²) in [4.78, 5) is 15.2. The molecule has 1 amide bonds. The highest BCUT2D eigenvalue weighted by molar-refractivity contribution is 5.87. The lowest BCUT2D eigenvalue weighted by Crippen LogP contribution is -2.40. The molecule has 4 aliphatic rings. The Kier molecular flexibility index (Phi) is 8.58. The van der Waals surface area contributed by atoms with Crippen molar-refractivity contribution in [3.05, 3.63) is 65.3 Å². The van der Waals surface area contributed by atoms with E-state index in [1.165, 1.54) is 24.8 Å². The number of aliphatic hydroxyl groups excluding tert-OH is 2. The predicted octanol–water partition coefficient (Wildman–Crippen LogP) is 5.71. The van der Waals surface area contributed by atoms with Gasteiger partial charge < -0.3 is 25.0 Å². The minimum absolute atomic E-state index is 0.00996. The fourth-order valence-corrected chi connectivity index (χ4v) is 8.74. The van der Waals surface area contributed by atoms with Gasteiger partial charge in [-0.15, -0.1) is 0 Å². The van der Waals surface area contributed by atoms with Crippen molar-refractivity contribution in [3.63, 3.8) is 0 Å². The number of fused-ring (bicyclic) bond motifs is 1. The lowest BCUT2D eigenvalue weighted by atomic mass is 9.60. The first-order valence-corrected chi connectivity index (χ1v) is 15.5. The molecule has 1 saturated heterocycles. The van der Waals surface area contributed by atoms with E-state index in [1.807, 2.05) is 29.2 Å². The maximum atomic E-state index is 13.3. The van der Waals surface area contributed by atoms with Crippen molar-refractivity contribution in [1.29, 1.82) is 0 Å². The molecule has 0 radical (unpaired) electrons. The Morgan fingerprint density at radius 1 is 1.17 bits per heavy atom. The largest absolute Gasteiger partial charge is 0.497 e. The minimum Gasteiger partial charge on any atom is -0.497 e. The predicted molar refractivity (Wildman–Crippen MR) is 161 cm³/mol. The number of benzene rings is 1. The normalized spacial score (nSPS) is 38.5. The number of allylic oxidation sites excluding steroid dienone is 3. The molecule has 4 fully saturated rings. The van der Waals surface area contributed by atoms with E-state index in [0.717, 1.165) is 41.7 Å². The van der Waals surface area contributed by atoms with Crippen LogP contribution in [0, 0.1) is 23.2 Å². The molecular formula is C35H49NO5. The second kappa shape index (κ2) is 11.7. The molecule has 1 aliphatic heterocycles. The van der Waals surface area contributed by atoms with Crippen LogP contribution in [0.5, 0.6) is 5.75 Å². The number of hydrogen-bond donors (Lipinski definition) is 3. The van der Waals surface area contributed by atoms with Crippen molar-refractivity contribution in [2.24, 2.45) is 23.2 Å². The maximum Gasteiger partial charge on any atom is 0.254 e. The van der Waals surface area contributed by atoms with Crippen molar-refractivity contribution in [2.75, 3.05) is 7.11 Å². The third-order valence-electron chi connectivity index (χ3n) is 10.9. The smallest absolute Gasteiger partial charge is 0.254 e. The lowest BCUT2D eigenvalue weighted by Gasteiger charge is -2.45. The van der Waals surface area contributed by atoms with Crippen LogP contribution < -0.4 is 4.74 Å². The number of likely N-dealkylation sites (tertiary alicyclic amines) is 1. The lowest BCUT2D eigenvalue weighted by molar-refractivity contribution is -0.142. The quantitative estimate of drug-likeness (QED) is 0.395. The fourth-order valence-electron chi connectivity index (χ4n) is 8.74. The first-order chi connectivity index (χ1) is 19.4. The van der Waals surface area contributed by atoms with Crippen molar-refractivity contribution in [3.8, 4) is 5.75 Å². The summed E-state index contributed by atoms with van der Waals surface area (Å²) in [6.07, 6.45) is 11.3. The van der Waals surface area contributed by atoms with Gasteiger partial charge in [-0.2, -0.15) is 0 Å². The van der Waals surface area contributed by atoms with Crippen LogP contribution in [0.1, 0.15) is 84.1 Å². The molecule has 6 heteroatoms.